The van der Waals surface area contributed by atoms with E-state index in [1.165, 1.54) is 11.1 Å². The minimum atomic E-state index is 0.203. The first-order valence-electron chi connectivity index (χ1n) is 7.87. The van der Waals surface area contributed by atoms with Gasteiger partial charge in [-0.2, -0.15) is 5.26 Å². The second kappa shape index (κ2) is 6.66. The quantitative estimate of drug-likeness (QED) is 0.872. The van der Waals surface area contributed by atoms with Crippen LogP contribution in [0, 0.1) is 25.2 Å². The summed E-state index contributed by atoms with van der Waals surface area (Å²) < 4.78 is 6.18. The van der Waals surface area contributed by atoms with E-state index in [4.69, 9.17) is 10.00 Å². The standard InChI is InChI=1S/C18H20N4O/c1-13-3-4-14(2)17(11-13)23-15-5-9-22(10-6-15)18-16(12-19)20-7-8-21-18/h3-4,7-8,11,15H,5-6,9-10H2,1-2H3. The van der Waals surface area contributed by atoms with Gasteiger partial charge in [-0.25, -0.2) is 9.97 Å². The van der Waals surface area contributed by atoms with E-state index in [2.05, 4.69) is 53.0 Å². The molecule has 0 radical (unpaired) electrons. The Hall–Kier alpha value is -2.61. The van der Waals surface area contributed by atoms with Crippen LogP contribution in [-0.4, -0.2) is 29.2 Å². The first-order valence-corrected chi connectivity index (χ1v) is 7.87. The fourth-order valence-electron chi connectivity index (χ4n) is 2.84. The molecule has 0 aliphatic carbocycles. The Balaban J connectivity index is 1.65. The summed E-state index contributed by atoms with van der Waals surface area (Å²) in [4.78, 5) is 10.5. The first-order chi connectivity index (χ1) is 11.2. The van der Waals surface area contributed by atoms with E-state index < -0.39 is 0 Å². The number of aromatic nitrogens is 2. The van der Waals surface area contributed by atoms with Crippen LogP contribution in [-0.2, 0) is 0 Å². The van der Waals surface area contributed by atoms with Gasteiger partial charge in [0.25, 0.3) is 0 Å². The van der Waals surface area contributed by atoms with Crippen molar-refractivity contribution < 1.29 is 4.74 Å². The first kappa shape index (κ1) is 15.3. The van der Waals surface area contributed by atoms with Gasteiger partial charge in [0.2, 0.25) is 0 Å². The van der Waals surface area contributed by atoms with E-state index in [1.54, 1.807) is 12.4 Å². The molecular weight excluding hydrogens is 288 g/mol. The summed E-state index contributed by atoms with van der Waals surface area (Å²) in [5, 5.41) is 9.15. The van der Waals surface area contributed by atoms with E-state index in [0.29, 0.717) is 11.5 Å². The number of benzene rings is 1. The number of nitriles is 1. The molecule has 1 aliphatic heterocycles. The Kier molecular flexibility index (Phi) is 4.42. The minimum absolute atomic E-state index is 0.203. The Morgan fingerprint density at radius 2 is 1.91 bits per heavy atom. The molecule has 1 aromatic heterocycles. The summed E-state index contributed by atoms with van der Waals surface area (Å²) in [5.74, 6) is 1.65. The fraction of sp³-hybridized carbons (Fsp3) is 0.389. The van der Waals surface area contributed by atoms with Crippen LogP contribution in [0.4, 0.5) is 5.82 Å². The molecule has 0 bridgehead atoms. The Morgan fingerprint density at radius 1 is 1.17 bits per heavy atom. The lowest BCUT2D eigenvalue weighted by Crippen LogP contribution is -2.39. The van der Waals surface area contributed by atoms with Gasteiger partial charge in [0, 0.05) is 38.3 Å². The third kappa shape index (κ3) is 3.42. The van der Waals surface area contributed by atoms with Crippen LogP contribution in [0.3, 0.4) is 0 Å². The molecule has 1 aliphatic rings. The summed E-state index contributed by atoms with van der Waals surface area (Å²) in [7, 11) is 0. The van der Waals surface area contributed by atoms with E-state index in [1.807, 2.05) is 0 Å². The monoisotopic (exact) mass is 308 g/mol. The number of rotatable bonds is 3. The molecular formula is C18H20N4O. The number of nitrogens with zero attached hydrogens (tertiary/aromatic N) is 4. The predicted octanol–water partition coefficient (Wildman–Crippen LogP) is 3.01. The molecule has 0 saturated carbocycles. The average Bonchev–Trinajstić information content (AvgIpc) is 2.59. The van der Waals surface area contributed by atoms with Crippen LogP contribution < -0.4 is 9.64 Å². The van der Waals surface area contributed by atoms with Crippen LogP contribution in [0.2, 0.25) is 0 Å². The van der Waals surface area contributed by atoms with Crippen molar-refractivity contribution in [2.24, 2.45) is 0 Å². The highest BCUT2D eigenvalue weighted by Crippen LogP contribution is 2.26. The third-order valence-corrected chi connectivity index (χ3v) is 4.16. The molecule has 2 heterocycles. The van der Waals surface area contributed by atoms with Crippen molar-refractivity contribution in [3.8, 4) is 11.8 Å². The topological polar surface area (TPSA) is 62.0 Å². The van der Waals surface area contributed by atoms with E-state index in [0.717, 1.165) is 31.7 Å². The van der Waals surface area contributed by atoms with Gasteiger partial charge in [0.15, 0.2) is 11.5 Å². The van der Waals surface area contributed by atoms with E-state index in [-0.39, 0.29) is 6.10 Å². The van der Waals surface area contributed by atoms with Gasteiger partial charge in [0.1, 0.15) is 17.9 Å². The Morgan fingerprint density at radius 3 is 2.65 bits per heavy atom. The molecule has 5 heteroatoms. The van der Waals surface area contributed by atoms with Gasteiger partial charge in [-0.3, -0.25) is 0 Å². The lowest BCUT2D eigenvalue weighted by molar-refractivity contribution is 0.169. The van der Waals surface area contributed by atoms with Crippen molar-refractivity contribution in [2.75, 3.05) is 18.0 Å². The molecule has 0 amide bonds. The number of piperidine rings is 1. The van der Waals surface area contributed by atoms with E-state index >= 15 is 0 Å². The molecule has 0 atom stereocenters. The molecule has 5 nitrogen and oxygen atoms in total. The van der Waals surface area contributed by atoms with E-state index in [9.17, 15) is 0 Å². The molecule has 0 unspecified atom stereocenters. The van der Waals surface area contributed by atoms with Crippen molar-refractivity contribution in [3.63, 3.8) is 0 Å². The third-order valence-electron chi connectivity index (χ3n) is 4.16. The predicted molar refractivity (Wildman–Crippen MR) is 88.5 cm³/mol. The number of ether oxygens (including phenoxy) is 1. The normalized spacial score (nSPS) is 15.3. The lowest BCUT2D eigenvalue weighted by atomic mass is 10.1. The van der Waals surface area contributed by atoms with Gasteiger partial charge in [-0.15, -0.1) is 0 Å². The zero-order valence-corrected chi connectivity index (χ0v) is 13.5. The maximum Gasteiger partial charge on any atom is 0.183 e. The van der Waals surface area contributed by atoms with Gasteiger partial charge >= 0.3 is 0 Å². The molecule has 3 rings (SSSR count). The zero-order chi connectivity index (χ0) is 16.2. The van der Waals surface area contributed by atoms with Crippen molar-refractivity contribution in [1.82, 2.24) is 9.97 Å². The summed E-state index contributed by atoms with van der Waals surface area (Å²) in [5.41, 5.74) is 2.77. The molecule has 0 spiro atoms. The van der Waals surface area contributed by atoms with Gasteiger partial charge in [0.05, 0.1) is 0 Å². The molecule has 0 N–H and O–H groups in total. The van der Waals surface area contributed by atoms with Crippen molar-refractivity contribution >= 4 is 5.82 Å². The smallest absolute Gasteiger partial charge is 0.183 e. The Bertz CT molecular complexity index is 730. The number of hydrogen-bond donors (Lipinski definition) is 0. The summed E-state index contributed by atoms with van der Waals surface area (Å²) in [6.07, 6.45) is 5.21. The van der Waals surface area contributed by atoms with Crippen LogP contribution in [0.25, 0.3) is 0 Å². The highest BCUT2D eigenvalue weighted by Gasteiger charge is 2.23. The Labute approximate surface area is 136 Å². The second-order valence-corrected chi connectivity index (χ2v) is 5.91. The molecule has 1 aromatic carbocycles. The fourth-order valence-corrected chi connectivity index (χ4v) is 2.84. The van der Waals surface area contributed by atoms with Crippen LogP contribution >= 0.6 is 0 Å². The number of anilines is 1. The number of aryl methyl sites for hydroxylation is 2. The molecule has 2 aromatic rings. The van der Waals surface area contributed by atoms with Crippen LogP contribution in [0.1, 0.15) is 29.7 Å². The molecule has 1 fully saturated rings. The van der Waals surface area contributed by atoms with Crippen LogP contribution in [0.15, 0.2) is 30.6 Å². The highest BCUT2D eigenvalue weighted by molar-refractivity contribution is 5.49. The largest absolute Gasteiger partial charge is 0.490 e. The summed E-state index contributed by atoms with van der Waals surface area (Å²) in [6.45, 7) is 5.79. The highest BCUT2D eigenvalue weighted by atomic mass is 16.5. The minimum Gasteiger partial charge on any atom is -0.490 e. The number of hydrogen-bond acceptors (Lipinski definition) is 5. The van der Waals surface area contributed by atoms with Gasteiger partial charge in [-0.05, 0) is 31.0 Å². The van der Waals surface area contributed by atoms with Crippen molar-refractivity contribution in [2.45, 2.75) is 32.8 Å². The molecule has 23 heavy (non-hydrogen) atoms. The zero-order valence-electron chi connectivity index (χ0n) is 13.5. The second-order valence-electron chi connectivity index (χ2n) is 5.91. The van der Waals surface area contributed by atoms with Crippen molar-refractivity contribution in [1.29, 1.82) is 5.26 Å². The molecule has 1 saturated heterocycles. The van der Waals surface area contributed by atoms with Crippen molar-refractivity contribution in [3.05, 3.63) is 47.4 Å². The lowest BCUT2D eigenvalue weighted by Gasteiger charge is -2.33. The van der Waals surface area contributed by atoms with Gasteiger partial charge < -0.3 is 9.64 Å². The maximum atomic E-state index is 9.15. The van der Waals surface area contributed by atoms with Gasteiger partial charge in [-0.1, -0.05) is 12.1 Å². The molecule has 118 valence electrons. The average molecular weight is 308 g/mol. The SMILES string of the molecule is Cc1ccc(C)c(OC2CCN(c3nccnc3C#N)CC2)c1. The summed E-state index contributed by atoms with van der Waals surface area (Å²) in [6, 6.07) is 8.40. The summed E-state index contributed by atoms with van der Waals surface area (Å²) >= 11 is 0. The van der Waals surface area contributed by atoms with Crippen LogP contribution in [0.5, 0.6) is 5.75 Å². The maximum absolute atomic E-state index is 9.15.